The topological polar surface area (TPSA) is 41.5 Å². The Bertz CT molecular complexity index is 609. The van der Waals surface area contributed by atoms with Crippen LogP contribution in [-0.2, 0) is 11.2 Å². The van der Waals surface area contributed by atoms with Crippen molar-refractivity contribution in [3.63, 3.8) is 0 Å². The molecule has 2 aromatic carbocycles. The molecule has 2 aromatic rings. The van der Waals surface area contributed by atoms with Crippen molar-refractivity contribution in [3.05, 3.63) is 69.9 Å². The minimum Gasteiger partial charge on any atom is -0.273 e. The minimum absolute atomic E-state index is 0.203. The summed E-state index contributed by atoms with van der Waals surface area (Å²) >= 11 is 3.33. The van der Waals surface area contributed by atoms with E-state index in [0.717, 1.165) is 15.6 Å². The van der Waals surface area contributed by atoms with Crippen molar-refractivity contribution in [1.29, 1.82) is 0 Å². The van der Waals surface area contributed by atoms with Crippen LogP contribution < -0.4 is 5.43 Å². The van der Waals surface area contributed by atoms with E-state index in [1.54, 1.807) is 12.1 Å². The third-order valence-electron chi connectivity index (χ3n) is 2.55. The summed E-state index contributed by atoms with van der Waals surface area (Å²) in [6.07, 6.45) is 1.73. The molecule has 0 saturated heterocycles. The largest absolute Gasteiger partial charge is 0.273 e. The first-order valence-electron chi connectivity index (χ1n) is 5.95. The molecule has 0 radical (unpaired) electrons. The second-order valence-corrected chi connectivity index (χ2v) is 5.06. The number of halogens is 2. The molecule has 0 bridgehead atoms. The van der Waals surface area contributed by atoms with Crippen LogP contribution in [0.15, 0.2) is 58.1 Å². The van der Waals surface area contributed by atoms with E-state index in [1.807, 2.05) is 24.3 Å². The number of hydrogen-bond acceptors (Lipinski definition) is 2. The first-order valence-corrected chi connectivity index (χ1v) is 6.75. The standard InChI is InChI=1S/C15H12BrFN2O/c16-13-5-1-11(2-6-13)9-15(20)19-18-10-12-3-7-14(17)8-4-12/h1-8,10H,9H2,(H,19,20)/b18-10-. The molecule has 0 saturated carbocycles. The second-order valence-electron chi connectivity index (χ2n) is 4.15. The maximum Gasteiger partial charge on any atom is 0.244 e. The molecule has 0 aliphatic heterocycles. The fourth-order valence-electron chi connectivity index (χ4n) is 1.55. The minimum atomic E-state index is -0.304. The molecule has 0 fully saturated rings. The molecule has 0 unspecified atom stereocenters. The molecular weight excluding hydrogens is 323 g/mol. The zero-order valence-electron chi connectivity index (χ0n) is 10.5. The first-order chi connectivity index (χ1) is 9.63. The average Bonchev–Trinajstić information content (AvgIpc) is 2.44. The van der Waals surface area contributed by atoms with Gasteiger partial charge in [-0.05, 0) is 35.4 Å². The van der Waals surface area contributed by atoms with Gasteiger partial charge in [-0.1, -0.05) is 40.2 Å². The summed E-state index contributed by atoms with van der Waals surface area (Å²) in [6, 6.07) is 13.3. The second kappa shape index (κ2) is 6.96. The maximum absolute atomic E-state index is 12.7. The van der Waals surface area contributed by atoms with Crippen molar-refractivity contribution >= 4 is 28.1 Å². The highest BCUT2D eigenvalue weighted by atomic mass is 79.9. The van der Waals surface area contributed by atoms with Crippen molar-refractivity contribution in [1.82, 2.24) is 5.43 Å². The number of benzene rings is 2. The first kappa shape index (κ1) is 14.4. The van der Waals surface area contributed by atoms with Gasteiger partial charge in [-0.15, -0.1) is 0 Å². The van der Waals surface area contributed by atoms with Crippen LogP contribution >= 0.6 is 15.9 Å². The van der Waals surface area contributed by atoms with Gasteiger partial charge < -0.3 is 0 Å². The van der Waals surface area contributed by atoms with E-state index in [2.05, 4.69) is 26.5 Å². The van der Waals surface area contributed by atoms with Crippen LogP contribution in [0, 0.1) is 5.82 Å². The van der Waals surface area contributed by atoms with Crippen LogP contribution in [0.3, 0.4) is 0 Å². The Morgan fingerprint density at radius 2 is 1.80 bits per heavy atom. The number of carbonyl (C=O) groups is 1. The van der Waals surface area contributed by atoms with E-state index in [-0.39, 0.29) is 18.1 Å². The van der Waals surface area contributed by atoms with Gasteiger partial charge in [0, 0.05) is 4.47 Å². The summed E-state index contributed by atoms with van der Waals surface area (Å²) in [5, 5.41) is 3.83. The summed E-state index contributed by atoms with van der Waals surface area (Å²) in [5.74, 6) is -0.507. The van der Waals surface area contributed by atoms with Gasteiger partial charge in [-0.3, -0.25) is 4.79 Å². The van der Waals surface area contributed by atoms with Gasteiger partial charge in [0.25, 0.3) is 0 Å². The van der Waals surface area contributed by atoms with Gasteiger partial charge in [0.1, 0.15) is 5.82 Å². The summed E-state index contributed by atoms with van der Waals surface area (Å²) < 4.78 is 13.7. The summed E-state index contributed by atoms with van der Waals surface area (Å²) in [6.45, 7) is 0. The third kappa shape index (κ3) is 4.59. The third-order valence-corrected chi connectivity index (χ3v) is 3.08. The van der Waals surface area contributed by atoms with Gasteiger partial charge in [0.15, 0.2) is 0 Å². The van der Waals surface area contributed by atoms with Crippen molar-refractivity contribution in [2.24, 2.45) is 5.10 Å². The molecule has 0 atom stereocenters. The highest BCUT2D eigenvalue weighted by Gasteiger charge is 2.01. The SMILES string of the molecule is O=C(Cc1ccc(Br)cc1)N/N=C\c1ccc(F)cc1. The predicted molar refractivity (Wildman–Crippen MR) is 80.0 cm³/mol. The monoisotopic (exact) mass is 334 g/mol. The number of nitrogens with one attached hydrogen (secondary N) is 1. The zero-order valence-corrected chi connectivity index (χ0v) is 12.1. The molecule has 20 heavy (non-hydrogen) atoms. The van der Waals surface area contributed by atoms with E-state index in [4.69, 9.17) is 0 Å². The van der Waals surface area contributed by atoms with Crippen LogP contribution in [-0.4, -0.2) is 12.1 Å². The number of nitrogens with zero attached hydrogens (tertiary/aromatic N) is 1. The number of hydrogen-bond donors (Lipinski definition) is 1. The highest BCUT2D eigenvalue weighted by molar-refractivity contribution is 9.10. The lowest BCUT2D eigenvalue weighted by Crippen LogP contribution is -2.19. The highest BCUT2D eigenvalue weighted by Crippen LogP contribution is 2.10. The quantitative estimate of drug-likeness (QED) is 0.676. The Labute approximate surface area is 124 Å². The van der Waals surface area contributed by atoms with Crippen molar-refractivity contribution in [2.45, 2.75) is 6.42 Å². The lowest BCUT2D eigenvalue weighted by Gasteiger charge is -2.00. The molecule has 0 spiro atoms. The van der Waals surface area contributed by atoms with Crippen LogP contribution in [0.1, 0.15) is 11.1 Å². The van der Waals surface area contributed by atoms with Crippen molar-refractivity contribution in [2.75, 3.05) is 0 Å². The van der Waals surface area contributed by atoms with Gasteiger partial charge in [-0.25, -0.2) is 9.82 Å². The molecule has 5 heteroatoms. The van der Waals surface area contributed by atoms with E-state index >= 15 is 0 Å². The molecule has 2 rings (SSSR count). The van der Waals surface area contributed by atoms with E-state index in [0.29, 0.717) is 0 Å². The number of amides is 1. The number of hydrazone groups is 1. The molecule has 102 valence electrons. The Balaban J connectivity index is 1.85. The number of carbonyl (C=O) groups excluding carboxylic acids is 1. The van der Waals surface area contributed by atoms with Gasteiger partial charge in [-0.2, -0.15) is 5.10 Å². The van der Waals surface area contributed by atoms with Crippen LogP contribution in [0.4, 0.5) is 4.39 Å². The average molecular weight is 335 g/mol. The molecule has 0 heterocycles. The van der Waals surface area contributed by atoms with E-state index < -0.39 is 0 Å². The molecule has 0 aromatic heterocycles. The van der Waals surface area contributed by atoms with Gasteiger partial charge in [0.05, 0.1) is 12.6 Å². The zero-order chi connectivity index (χ0) is 14.4. The predicted octanol–water partition coefficient (Wildman–Crippen LogP) is 3.28. The van der Waals surface area contributed by atoms with Gasteiger partial charge in [0.2, 0.25) is 5.91 Å². The van der Waals surface area contributed by atoms with Gasteiger partial charge >= 0.3 is 0 Å². The fourth-order valence-corrected chi connectivity index (χ4v) is 1.82. The normalized spacial score (nSPS) is 10.7. The van der Waals surface area contributed by atoms with E-state index in [1.165, 1.54) is 18.3 Å². The lowest BCUT2D eigenvalue weighted by atomic mass is 10.1. The Morgan fingerprint density at radius 1 is 1.15 bits per heavy atom. The van der Waals surface area contributed by atoms with Crippen LogP contribution in [0.5, 0.6) is 0 Å². The smallest absolute Gasteiger partial charge is 0.244 e. The lowest BCUT2D eigenvalue weighted by molar-refractivity contribution is -0.120. The molecule has 1 amide bonds. The Kier molecular flexibility index (Phi) is 5.01. The summed E-state index contributed by atoms with van der Waals surface area (Å²) in [5.41, 5.74) is 4.06. The molecule has 0 aliphatic rings. The maximum atomic E-state index is 12.7. The number of rotatable bonds is 4. The van der Waals surface area contributed by atoms with Crippen molar-refractivity contribution in [3.8, 4) is 0 Å². The summed E-state index contributed by atoms with van der Waals surface area (Å²) in [4.78, 5) is 11.6. The molecular formula is C15H12BrFN2O. The molecule has 1 N–H and O–H groups in total. The molecule has 3 nitrogen and oxygen atoms in total. The van der Waals surface area contributed by atoms with Crippen LogP contribution in [0.2, 0.25) is 0 Å². The molecule has 0 aliphatic carbocycles. The fraction of sp³-hybridized carbons (Fsp3) is 0.0667. The summed E-state index contributed by atoms with van der Waals surface area (Å²) in [7, 11) is 0. The Hall–Kier alpha value is -2.01. The Morgan fingerprint density at radius 3 is 2.45 bits per heavy atom. The van der Waals surface area contributed by atoms with E-state index in [9.17, 15) is 9.18 Å². The van der Waals surface area contributed by atoms with Crippen LogP contribution in [0.25, 0.3) is 0 Å². The van der Waals surface area contributed by atoms with Crippen molar-refractivity contribution < 1.29 is 9.18 Å².